The summed E-state index contributed by atoms with van der Waals surface area (Å²) in [6.07, 6.45) is 8.50. The molecule has 3 heteroatoms. The van der Waals surface area contributed by atoms with Crippen molar-refractivity contribution >= 4 is 6.08 Å². The zero-order valence-electron chi connectivity index (χ0n) is 20.8. The lowest BCUT2D eigenvalue weighted by Gasteiger charge is -2.55. The van der Waals surface area contributed by atoms with Crippen molar-refractivity contribution in [2.24, 2.45) is 17.3 Å². The van der Waals surface area contributed by atoms with E-state index in [0.717, 1.165) is 43.4 Å². The molecular weight excluding hydrogens is 421 g/mol. The van der Waals surface area contributed by atoms with Crippen molar-refractivity contribution in [2.45, 2.75) is 71.4 Å². The van der Waals surface area contributed by atoms with E-state index in [2.05, 4.69) is 50.1 Å². The van der Waals surface area contributed by atoms with Crippen LogP contribution in [0.5, 0.6) is 0 Å². The van der Waals surface area contributed by atoms with Gasteiger partial charge in [-0.15, -0.1) is 0 Å². The summed E-state index contributed by atoms with van der Waals surface area (Å²) in [7, 11) is 0. The molecule has 2 aliphatic carbocycles. The molecule has 4 rings (SSSR count). The van der Waals surface area contributed by atoms with Gasteiger partial charge in [0.05, 0.1) is 6.10 Å². The van der Waals surface area contributed by atoms with E-state index in [-0.39, 0.29) is 17.3 Å². The molecule has 2 aromatic carbocycles. The summed E-state index contributed by atoms with van der Waals surface area (Å²) in [5.74, 6) is 7.11. The molecule has 0 heterocycles. The van der Waals surface area contributed by atoms with E-state index in [9.17, 15) is 9.50 Å². The van der Waals surface area contributed by atoms with Gasteiger partial charge >= 0.3 is 0 Å². The Balaban J connectivity index is 1.70. The van der Waals surface area contributed by atoms with Crippen molar-refractivity contribution < 1.29 is 9.50 Å². The van der Waals surface area contributed by atoms with Crippen LogP contribution in [0.3, 0.4) is 0 Å². The van der Waals surface area contributed by atoms with E-state index in [1.54, 1.807) is 6.07 Å². The smallest absolute Gasteiger partial charge is 0.124 e. The molecule has 2 N–H and O–H groups in total. The summed E-state index contributed by atoms with van der Waals surface area (Å²) >= 11 is 0. The van der Waals surface area contributed by atoms with Crippen molar-refractivity contribution in [3.05, 3.63) is 76.6 Å². The van der Waals surface area contributed by atoms with Gasteiger partial charge in [-0.3, -0.25) is 0 Å². The van der Waals surface area contributed by atoms with Gasteiger partial charge in [0.1, 0.15) is 5.82 Å². The lowest BCUT2D eigenvalue weighted by Crippen LogP contribution is -2.55. The number of hydrogen-bond acceptors (Lipinski definition) is 2. The number of aliphatic hydroxyl groups excluding tert-OH is 1. The summed E-state index contributed by atoms with van der Waals surface area (Å²) in [4.78, 5) is 0. The molecule has 0 radical (unpaired) electrons. The molecular formula is C31H38FNO. The van der Waals surface area contributed by atoms with Crippen molar-refractivity contribution in [2.75, 3.05) is 6.54 Å². The van der Waals surface area contributed by atoms with Crippen LogP contribution in [0.4, 0.5) is 4.39 Å². The van der Waals surface area contributed by atoms with Crippen molar-refractivity contribution in [3.8, 4) is 11.8 Å². The minimum atomic E-state index is -0.270. The highest BCUT2D eigenvalue weighted by Crippen LogP contribution is 2.54. The molecule has 0 bridgehead atoms. The van der Waals surface area contributed by atoms with Gasteiger partial charge < -0.3 is 10.4 Å². The third-order valence-electron chi connectivity index (χ3n) is 8.11. The van der Waals surface area contributed by atoms with E-state index < -0.39 is 0 Å². The first-order valence-electron chi connectivity index (χ1n) is 12.9. The van der Waals surface area contributed by atoms with E-state index in [4.69, 9.17) is 0 Å². The fourth-order valence-corrected chi connectivity index (χ4v) is 6.20. The quantitative estimate of drug-likeness (QED) is 0.391. The van der Waals surface area contributed by atoms with E-state index >= 15 is 0 Å². The van der Waals surface area contributed by atoms with E-state index in [1.807, 2.05) is 24.3 Å². The van der Waals surface area contributed by atoms with Gasteiger partial charge in [0, 0.05) is 22.6 Å². The zero-order valence-corrected chi connectivity index (χ0v) is 20.8. The Labute approximate surface area is 204 Å². The van der Waals surface area contributed by atoms with Crippen molar-refractivity contribution in [3.63, 3.8) is 0 Å². The highest BCUT2D eigenvalue weighted by atomic mass is 19.1. The second kappa shape index (κ2) is 10.9. The van der Waals surface area contributed by atoms with Crippen LogP contribution in [-0.4, -0.2) is 23.8 Å². The number of halogens is 1. The Hall–Kier alpha value is -2.41. The van der Waals surface area contributed by atoms with Crippen LogP contribution >= 0.6 is 0 Å². The fraction of sp³-hybridized carbons (Fsp3) is 0.484. The number of aliphatic hydroxyl groups is 1. The maximum Gasteiger partial charge on any atom is 0.124 e. The molecule has 2 fully saturated rings. The van der Waals surface area contributed by atoms with Gasteiger partial charge in [0.2, 0.25) is 0 Å². The minimum Gasteiger partial charge on any atom is -0.393 e. The predicted octanol–water partition coefficient (Wildman–Crippen LogP) is 6.57. The van der Waals surface area contributed by atoms with Crippen LogP contribution in [0.15, 0.2) is 54.1 Å². The number of nitrogens with one attached hydrogen (secondary N) is 1. The first kappa shape index (κ1) is 24.7. The molecule has 0 aromatic heterocycles. The molecule has 0 spiro atoms. The van der Waals surface area contributed by atoms with Gasteiger partial charge in [-0.1, -0.05) is 81.4 Å². The Morgan fingerprint density at radius 3 is 2.76 bits per heavy atom. The molecule has 2 nitrogen and oxygen atoms in total. The zero-order chi connectivity index (χ0) is 24.1. The molecule has 2 aliphatic rings. The molecule has 0 saturated heterocycles. The van der Waals surface area contributed by atoms with Crippen LogP contribution in [-0.2, 0) is 0 Å². The molecule has 34 heavy (non-hydrogen) atoms. The minimum absolute atomic E-state index is 0.0887. The SMILES string of the molecule is CCCCNC1C(=Cc2ccccc2C#Cc2cccc(F)c2)C[C@@]2(C)C(CCC[C@@H]2O)C1C. The first-order valence-corrected chi connectivity index (χ1v) is 12.9. The maximum absolute atomic E-state index is 13.6. The number of benzene rings is 2. The standard InChI is InChI=1S/C31H38FNO/c1-4-5-18-33-30-22(2)28-14-9-15-29(34)31(28,3)21-26(30)20-25-12-7-6-11-24(25)17-16-23-10-8-13-27(32)19-23/h6-8,10-13,19-20,22,28-30,33-34H,4-5,9,14-15,18,21H2,1-3H3/t22?,28?,29-,30?,31-/m0/s1. The van der Waals surface area contributed by atoms with Gasteiger partial charge in [-0.2, -0.15) is 0 Å². The monoisotopic (exact) mass is 459 g/mol. The number of rotatable bonds is 5. The van der Waals surface area contributed by atoms with E-state index in [1.165, 1.54) is 30.5 Å². The van der Waals surface area contributed by atoms with Gasteiger partial charge in [-0.25, -0.2) is 4.39 Å². The van der Waals surface area contributed by atoms with Crippen molar-refractivity contribution in [1.29, 1.82) is 0 Å². The molecule has 2 aromatic rings. The Morgan fingerprint density at radius 2 is 1.97 bits per heavy atom. The van der Waals surface area contributed by atoms with E-state index in [0.29, 0.717) is 23.4 Å². The average Bonchev–Trinajstić information content (AvgIpc) is 2.82. The molecule has 0 aliphatic heterocycles. The Kier molecular flexibility index (Phi) is 7.91. The first-order chi connectivity index (χ1) is 16.4. The topological polar surface area (TPSA) is 32.3 Å². The third-order valence-corrected chi connectivity index (χ3v) is 8.11. The highest BCUT2D eigenvalue weighted by molar-refractivity contribution is 5.63. The summed E-state index contributed by atoms with van der Waals surface area (Å²) in [5, 5.41) is 14.9. The Morgan fingerprint density at radius 1 is 1.15 bits per heavy atom. The average molecular weight is 460 g/mol. The number of hydrogen-bond donors (Lipinski definition) is 2. The van der Waals surface area contributed by atoms with Crippen LogP contribution in [0.25, 0.3) is 6.08 Å². The van der Waals surface area contributed by atoms with Gasteiger partial charge in [-0.05, 0) is 73.9 Å². The van der Waals surface area contributed by atoms with Crippen molar-refractivity contribution in [1.82, 2.24) is 5.32 Å². The summed E-state index contributed by atoms with van der Waals surface area (Å²) in [6.45, 7) is 7.90. The number of unbranched alkanes of at least 4 members (excludes halogenated alkanes) is 1. The van der Waals surface area contributed by atoms with Crippen LogP contribution in [0.1, 0.15) is 76.0 Å². The lowest BCUT2D eigenvalue weighted by molar-refractivity contribution is -0.0779. The summed E-state index contributed by atoms with van der Waals surface area (Å²) < 4.78 is 13.6. The molecule has 2 saturated carbocycles. The Bertz CT molecular complexity index is 1080. The fourth-order valence-electron chi connectivity index (χ4n) is 6.20. The lowest BCUT2D eigenvalue weighted by atomic mass is 9.53. The molecule has 5 atom stereocenters. The van der Waals surface area contributed by atoms with Crippen LogP contribution in [0.2, 0.25) is 0 Å². The second-order valence-electron chi connectivity index (χ2n) is 10.4. The second-order valence-corrected chi connectivity index (χ2v) is 10.4. The molecule has 0 amide bonds. The van der Waals surface area contributed by atoms with Crippen LogP contribution in [0, 0.1) is 34.9 Å². The predicted molar refractivity (Wildman–Crippen MR) is 139 cm³/mol. The number of fused-ring (bicyclic) bond motifs is 1. The summed E-state index contributed by atoms with van der Waals surface area (Å²) in [5.41, 5.74) is 3.98. The van der Waals surface area contributed by atoms with Gasteiger partial charge in [0.25, 0.3) is 0 Å². The third kappa shape index (κ3) is 5.29. The summed E-state index contributed by atoms with van der Waals surface area (Å²) in [6, 6.07) is 14.9. The van der Waals surface area contributed by atoms with Crippen LogP contribution < -0.4 is 5.32 Å². The maximum atomic E-state index is 13.6. The highest BCUT2D eigenvalue weighted by Gasteiger charge is 2.51. The van der Waals surface area contributed by atoms with Gasteiger partial charge in [0.15, 0.2) is 0 Å². The molecule has 180 valence electrons. The normalized spacial score (nSPS) is 29.9. The molecule has 3 unspecified atom stereocenters. The largest absolute Gasteiger partial charge is 0.393 e.